The van der Waals surface area contributed by atoms with Crippen LogP contribution in [0.15, 0.2) is 45.9 Å². The standard InChI is InChI=1S/C19H25N3O5S/c1-13-9-14(2)12-21(11-13)28(25,26)16-6-7-17(18(10-16)22(23)24)20-15(3)19-5-4-8-27-19/h4-8,10,13-15,20H,9,11-12H2,1-3H3/t13-,14-,15+/m1/s1. The topological polar surface area (TPSA) is 106 Å². The van der Waals surface area contributed by atoms with Crippen molar-refractivity contribution in [1.82, 2.24) is 4.31 Å². The molecule has 2 aromatic rings. The van der Waals surface area contributed by atoms with Crippen molar-refractivity contribution in [3.63, 3.8) is 0 Å². The monoisotopic (exact) mass is 407 g/mol. The SMILES string of the molecule is C[C@@H]1C[C@@H](C)CN(S(=O)(=O)c2ccc(N[C@@H](C)c3ccco3)c([N+](=O)[O-])c2)C1. The zero-order chi connectivity index (χ0) is 20.5. The Balaban J connectivity index is 1.91. The lowest BCUT2D eigenvalue weighted by molar-refractivity contribution is -0.384. The first kappa shape index (κ1) is 20.3. The van der Waals surface area contributed by atoms with Crippen molar-refractivity contribution >= 4 is 21.4 Å². The molecule has 1 aromatic heterocycles. The van der Waals surface area contributed by atoms with E-state index in [4.69, 9.17) is 4.42 Å². The largest absolute Gasteiger partial charge is 0.467 e. The quantitative estimate of drug-likeness (QED) is 0.572. The van der Waals surface area contributed by atoms with Crippen LogP contribution in [0.1, 0.15) is 39.0 Å². The van der Waals surface area contributed by atoms with Crippen LogP contribution in [0.3, 0.4) is 0 Å². The first-order valence-electron chi connectivity index (χ1n) is 9.27. The van der Waals surface area contributed by atoms with E-state index in [1.807, 2.05) is 20.8 Å². The summed E-state index contributed by atoms with van der Waals surface area (Å²) in [5.74, 6) is 1.13. The molecular weight excluding hydrogens is 382 g/mol. The van der Waals surface area contributed by atoms with Gasteiger partial charge in [-0.05, 0) is 49.4 Å². The molecule has 0 bridgehead atoms. The van der Waals surface area contributed by atoms with Crippen LogP contribution >= 0.6 is 0 Å². The highest BCUT2D eigenvalue weighted by Gasteiger charge is 2.33. The van der Waals surface area contributed by atoms with Gasteiger partial charge in [-0.25, -0.2) is 8.42 Å². The number of nitro benzene ring substituents is 1. The van der Waals surface area contributed by atoms with E-state index in [-0.39, 0.29) is 34.1 Å². The lowest BCUT2D eigenvalue weighted by atomic mass is 9.94. The van der Waals surface area contributed by atoms with E-state index >= 15 is 0 Å². The number of nitrogens with one attached hydrogen (secondary N) is 1. The summed E-state index contributed by atoms with van der Waals surface area (Å²) in [4.78, 5) is 11.0. The van der Waals surface area contributed by atoms with Gasteiger partial charge in [0, 0.05) is 19.2 Å². The Kier molecular flexibility index (Phi) is 5.76. The summed E-state index contributed by atoms with van der Waals surface area (Å²) < 4.78 is 32.8. The Morgan fingerprint density at radius 3 is 2.50 bits per heavy atom. The molecule has 28 heavy (non-hydrogen) atoms. The molecule has 1 fully saturated rings. The molecule has 0 unspecified atom stereocenters. The molecule has 0 radical (unpaired) electrons. The van der Waals surface area contributed by atoms with Gasteiger partial charge >= 0.3 is 0 Å². The Labute approximate surface area is 164 Å². The second-order valence-corrected chi connectivity index (χ2v) is 9.52. The number of anilines is 1. The van der Waals surface area contributed by atoms with Crippen LogP contribution in [0, 0.1) is 22.0 Å². The van der Waals surface area contributed by atoms with Gasteiger partial charge in [0.2, 0.25) is 10.0 Å². The Hall–Kier alpha value is -2.39. The summed E-state index contributed by atoms with van der Waals surface area (Å²) in [7, 11) is -3.79. The molecule has 0 saturated carbocycles. The molecule has 1 aromatic carbocycles. The number of rotatable bonds is 6. The molecule has 1 N–H and O–H groups in total. The Morgan fingerprint density at radius 1 is 1.25 bits per heavy atom. The lowest BCUT2D eigenvalue weighted by Gasteiger charge is -2.34. The smallest absolute Gasteiger partial charge is 0.293 e. The normalized spacial score (nSPS) is 22.0. The molecule has 0 aliphatic carbocycles. The first-order valence-corrected chi connectivity index (χ1v) is 10.7. The molecule has 152 valence electrons. The predicted molar refractivity (Wildman–Crippen MR) is 106 cm³/mol. The molecule has 1 saturated heterocycles. The van der Waals surface area contributed by atoms with Crippen molar-refractivity contribution in [3.05, 3.63) is 52.5 Å². The Bertz CT molecular complexity index is 932. The number of furan rings is 1. The second kappa shape index (κ2) is 7.92. The minimum absolute atomic E-state index is 0.0586. The summed E-state index contributed by atoms with van der Waals surface area (Å²) in [5, 5.41) is 14.6. The average molecular weight is 407 g/mol. The number of hydrogen-bond acceptors (Lipinski definition) is 6. The number of nitro groups is 1. The van der Waals surface area contributed by atoms with Crippen molar-refractivity contribution in [2.24, 2.45) is 11.8 Å². The molecule has 1 aliphatic heterocycles. The van der Waals surface area contributed by atoms with Crippen LogP contribution in [-0.4, -0.2) is 30.7 Å². The van der Waals surface area contributed by atoms with E-state index in [9.17, 15) is 18.5 Å². The number of benzene rings is 1. The maximum absolute atomic E-state index is 13.0. The van der Waals surface area contributed by atoms with E-state index in [0.717, 1.165) is 12.5 Å². The van der Waals surface area contributed by atoms with Crippen LogP contribution in [0.25, 0.3) is 0 Å². The molecular formula is C19H25N3O5S. The average Bonchev–Trinajstić information content (AvgIpc) is 3.15. The number of piperidine rings is 1. The fourth-order valence-corrected chi connectivity index (χ4v) is 5.44. The summed E-state index contributed by atoms with van der Waals surface area (Å²) in [6.07, 6.45) is 2.50. The molecule has 3 rings (SSSR count). The van der Waals surface area contributed by atoms with Crippen LogP contribution in [0.4, 0.5) is 11.4 Å². The maximum atomic E-state index is 13.0. The molecule has 0 amide bonds. The van der Waals surface area contributed by atoms with Gasteiger partial charge in [0.15, 0.2) is 0 Å². The van der Waals surface area contributed by atoms with E-state index in [2.05, 4.69) is 5.32 Å². The van der Waals surface area contributed by atoms with Gasteiger partial charge in [0.25, 0.3) is 5.69 Å². The zero-order valence-corrected chi connectivity index (χ0v) is 17.0. The Morgan fingerprint density at radius 2 is 1.93 bits per heavy atom. The molecule has 9 heteroatoms. The fourth-order valence-electron chi connectivity index (χ4n) is 3.74. The summed E-state index contributed by atoms with van der Waals surface area (Å²) in [6.45, 7) is 6.70. The molecule has 2 heterocycles. The van der Waals surface area contributed by atoms with E-state index < -0.39 is 14.9 Å². The van der Waals surface area contributed by atoms with Gasteiger partial charge in [-0.2, -0.15) is 4.31 Å². The van der Waals surface area contributed by atoms with E-state index in [0.29, 0.717) is 18.8 Å². The van der Waals surface area contributed by atoms with Gasteiger partial charge < -0.3 is 9.73 Å². The number of sulfonamides is 1. The number of hydrogen-bond donors (Lipinski definition) is 1. The fraction of sp³-hybridized carbons (Fsp3) is 0.474. The molecule has 1 aliphatic rings. The third-order valence-corrected chi connectivity index (χ3v) is 6.81. The van der Waals surface area contributed by atoms with Gasteiger partial charge in [0.1, 0.15) is 11.4 Å². The van der Waals surface area contributed by atoms with Crippen LogP contribution in [-0.2, 0) is 10.0 Å². The van der Waals surface area contributed by atoms with Crippen molar-refractivity contribution in [2.45, 2.75) is 38.1 Å². The van der Waals surface area contributed by atoms with Gasteiger partial charge in [-0.3, -0.25) is 10.1 Å². The molecule has 8 nitrogen and oxygen atoms in total. The molecule has 3 atom stereocenters. The number of nitrogens with zero attached hydrogens (tertiary/aromatic N) is 2. The highest BCUT2D eigenvalue weighted by Crippen LogP contribution is 2.33. The van der Waals surface area contributed by atoms with Crippen molar-refractivity contribution in [2.75, 3.05) is 18.4 Å². The minimum atomic E-state index is -3.79. The van der Waals surface area contributed by atoms with Crippen molar-refractivity contribution in [3.8, 4) is 0 Å². The summed E-state index contributed by atoms with van der Waals surface area (Å²) in [5.41, 5.74) is -0.0363. The molecule has 0 spiro atoms. The van der Waals surface area contributed by atoms with Crippen LogP contribution in [0.2, 0.25) is 0 Å². The second-order valence-electron chi connectivity index (χ2n) is 7.59. The van der Waals surface area contributed by atoms with Crippen molar-refractivity contribution < 1.29 is 17.8 Å². The summed E-state index contributed by atoms with van der Waals surface area (Å²) >= 11 is 0. The highest BCUT2D eigenvalue weighted by atomic mass is 32.2. The first-order chi connectivity index (χ1) is 13.2. The van der Waals surface area contributed by atoms with Gasteiger partial charge in [-0.15, -0.1) is 0 Å². The predicted octanol–water partition coefficient (Wildman–Crippen LogP) is 4.03. The van der Waals surface area contributed by atoms with E-state index in [1.54, 1.807) is 12.1 Å². The van der Waals surface area contributed by atoms with Crippen LogP contribution in [0.5, 0.6) is 0 Å². The van der Waals surface area contributed by atoms with Gasteiger partial charge in [-0.1, -0.05) is 13.8 Å². The van der Waals surface area contributed by atoms with E-state index in [1.165, 1.54) is 22.7 Å². The highest BCUT2D eigenvalue weighted by molar-refractivity contribution is 7.89. The van der Waals surface area contributed by atoms with Crippen LogP contribution < -0.4 is 5.32 Å². The van der Waals surface area contributed by atoms with Crippen molar-refractivity contribution in [1.29, 1.82) is 0 Å². The maximum Gasteiger partial charge on any atom is 0.293 e. The zero-order valence-electron chi connectivity index (χ0n) is 16.2. The summed E-state index contributed by atoms with van der Waals surface area (Å²) in [6, 6.07) is 7.19. The lowest BCUT2D eigenvalue weighted by Crippen LogP contribution is -2.42. The third kappa shape index (κ3) is 4.20. The van der Waals surface area contributed by atoms with Gasteiger partial charge in [0.05, 0.1) is 22.1 Å². The minimum Gasteiger partial charge on any atom is -0.467 e. The third-order valence-electron chi connectivity index (χ3n) is 4.98.